The molecule has 1 nitrogen and oxygen atoms in total. The Balaban J connectivity index is 1.24. The van der Waals surface area contributed by atoms with Crippen LogP contribution in [0.2, 0.25) is 0 Å². The molecule has 2 atom stereocenters. The van der Waals surface area contributed by atoms with Crippen LogP contribution in [0.5, 0.6) is 0 Å². The summed E-state index contributed by atoms with van der Waals surface area (Å²) in [6, 6.07) is 41.9. The van der Waals surface area contributed by atoms with Crippen LogP contribution in [0.15, 0.2) is 144 Å². The maximum absolute atomic E-state index is 6.74. The van der Waals surface area contributed by atoms with Crippen molar-refractivity contribution in [1.29, 1.82) is 0 Å². The number of fused-ring (bicyclic) bond motifs is 9. The van der Waals surface area contributed by atoms with Crippen molar-refractivity contribution in [3.8, 4) is 22.3 Å². The van der Waals surface area contributed by atoms with Gasteiger partial charge in [-0.25, -0.2) is 0 Å². The van der Waals surface area contributed by atoms with Gasteiger partial charge in [-0.2, -0.15) is 0 Å². The number of rotatable bonds is 3. The summed E-state index contributed by atoms with van der Waals surface area (Å²) in [5.41, 5.74) is 10.1. The van der Waals surface area contributed by atoms with E-state index in [0.717, 1.165) is 24.2 Å². The fraction of sp³-hybridized carbons (Fsp3) is 0.0870. The van der Waals surface area contributed by atoms with Gasteiger partial charge in [0.15, 0.2) is 0 Å². The van der Waals surface area contributed by atoms with Crippen molar-refractivity contribution < 1.29 is 4.42 Å². The van der Waals surface area contributed by atoms with Crippen LogP contribution in [0.3, 0.4) is 0 Å². The number of benzene rings is 6. The number of hydrogen-bond acceptors (Lipinski definition) is 1. The topological polar surface area (TPSA) is 13.1 Å². The molecule has 7 aromatic rings. The molecule has 0 bridgehead atoms. The molecule has 1 heteroatoms. The van der Waals surface area contributed by atoms with E-state index < -0.39 is 0 Å². The molecule has 0 saturated heterocycles. The normalized spacial score (nSPS) is 17.9. The largest absolute Gasteiger partial charge is 0.456 e. The third kappa shape index (κ3) is 4.03. The van der Waals surface area contributed by atoms with Crippen LogP contribution in [0.1, 0.15) is 35.6 Å². The van der Waals surface area contributed by atoms with E-state index in [2.05, 4.69) is 158 Å². The maximum atomic E-state index is 6.74. The summed E-state index contributed by atoms with van der Waals surface area (Å²) in [7, 11) is 0. The zero-order chi connectivity index (χ0) is 30.9. The molecule has 0 aliphatic heterocycles. The Morgan fingerprint density at radius 3 is 1.91 bits per heavy atom. The Labute approximate surface area is 273 Å². The Morgan fingerprint density at radius 2 is 1.13 bits per heavy atom. The van der Waals surface area contributed by atoms with Crippen LogP contribution in [0.25, 0.3) is 78.6 Å². The maximum Gasteiger partial charge on any atom is 0.135 e. The van der Waals surface area contributed by atoms with Crippen molar-refractivity contribution in [2.45, 2.75) is 18.8 Å². The predicted molar refractivity (Wildman–Crippen MR) is 198 cm³/mol. The third-order valence-corrected chi connectivity index (χ3v) is 10.5. The van der Waals surface area contributed by atoms with Gasteiger partial charge >= 0.3 is 0 Å². The number of allylic oxidation sites excluding steroid dienone is 5. The van der Waals surface area contributed by atoms with Crippen LogP contribution < -0.4 is 10.4 Å². The second kappa shape index (κ2) is 10.4. The molecular weight excluding hydrogens is 569 g/mol. The molecule has 1 aromatic heterocycles. The molecule has 47 heavy (non-hydrogen) atoms. The second-order valence-electron chi connectivity index (χ2n) is 13.0. The lowest BCUT2D eigenvalue weighted by molar-refractivity contribution is 0.582. The average Bonchev–Trinajstić information content (AvgIpc) is 3.53. The standard InChI is InChI=1S/C46H32O/c1-2-12-29(13-3-1)30-22-24-32(25-23-30)43-36-18-8-10-20-38(36)44(39-21-11-9-19-37(39)43)40-28-42-46(35-17-7-6-16-34(35)40)45-33-15-5-4-14-31(33)26-27-41(45)47-42/h1-8,10,12-28,34-35H,9,11H2. The van der Waals surface area contributed by atoms with E-state index in [1.165, 1.54) is 76.3 Å². The van der Waals surface area contributed by atoms with Gasteiger partial charge < -0.3 is 4.42 Å². The van der Waals surface area contributed by atoms with Gasteiger partial charge in [-0.05, 0) is 90.4 Å². The van der Waals surface area contributed by atoms with Gasteiger partial charge in [-0.1, -0.05) is 146 Å². The highest BCUT2D eigenvalue weighted by Crippen LogP contribution is 2.51. The van der Waals surface area contributed by atoms with Gasteiger partial charge in [0.2, 0.25) is 0 Å². The molecular formula is C46H32O. The van der Waals surface area contributed by atoms with Crippen molar-refractivity contribution in [1.82, 2.24) is 0 Å². The highest BCUT2D eigenvalue weighted by atomic mass is 16.3. The van der Waals surface area contributed by atoms with Crippen LogP contribution in [0, 0.1) is 5.92 Å². The van der Waals surface area contributed by atoms with Crippen LogP contribution in [-0.4, -0.2) is 0 Å². The predicted octanol–water partition coefficient (Wildman–Crippen LogP) is 10.8. The molecule has 2 unspecified atom stereocenters. The highest BCUT2D eigenvalue weighted by molar-refractivity contribution is 6.12. The summed E-state index contributed by atoms with van der Waals surface area (Å²) in [6.07, 6.45) is 18.7. The van der Waals surface area contributed by atoms with Gasteiger partial charge in [-0.15, -0.1) is 0 Å². The van der Waals surface area contributed by atoms with Crippen molar-refractivity contribution in [2.75, 3.05) is 0 Å². The molecule has 0 spiro atoms. The SMILES string of the molecule is C1=CC2C(c3c4c(c(-c5ccc(-c6ccccc6)cc5)c5ccccc35)=CCCC=4)=Cc3oc4ccc5ccccc5c4c3C2C=C1. The molecule has 3 aliphatic rings. The molecule has 0 radical (unpaired) electrons. The fourth-order valence-corrected chi connectivity index (χ4v) is 8.45. The Morgan fingerprint density at radius 1 is 0.511 bits per heavy atom. The number of furan rings is 1. The van der Waals surface area contributed by atoms with E-state index in [1.54, 1.807) is 0 Å². The first-order valence-corrected chi connectivity index (χ1v) is 16.8. The van der Waals surface area contributed by atoms with E-state index in [1.807, 2.05) is 0 Å². The first-order valence-electron chi connectivity index (χ1n) is 16.8. The average molecular weight is 601 g/mol. The lowest BCUT2D eigenvalue weighted by Crippen LogP contribution is -2.34. The lowest BCUT2D eigenvalue weighted by Gasteiger charge is -2.32. The van der Waals surface area contributed by atoms with Crippen molar-refractivity contribution in [2.24, 2.45) is 5.92 Å². The Kier molecular flexibility index (Phi) is 5.90. The van der Waals surface area contributed by atoms with Crippen molar-refractivity contribution in [3.63, 3.8) is 0 Å². The van der Waals surface area contributed by atoms with Crippen LogP contribution in [-0.2, 0) is 0 Å². The van der Waals surface area contributed by atoms with Crippen molar-refractivity contribution in [3.05, 3.63) is 167 Å². The monoisotopic (exact) mass is 600 g/mol. The van der Waals surface area contributed by atoms with Gasteiger partial charge in [0.05, 0.1) is 0 Å². The molecule has 6 aromatic carbocycles. The van der Waals surface area contributed by atoms with E-state index in [9.17, 15) is 0 Å². The quantitative estimate of drug-likeness (QED) is 0.197. The van der Waals surface area contributed by atoms with E-state index in [4.69, 9.17) is 4.42 Å². The number of hydrogen-bond donors (Lipinski definition) is 0. The Bertz CT molecular complexity index is 2610. The first kappa shape index (κ1) is 26.5. The summed E-state index contributed by atoms with van der Waals surface area (Å²) in [5, 5.41) is 9.09. The summed E-state index contributed by atoms with van der Waals surface area (Å²) in [5.74, 6) is 1.41. The molecule has 10 rings (SSSR count). The summed E-state index contributed by atoms with van der Waals surface area (Å²) in [4.78, 5) is 0. The van der Waals surface area contributed by atoms with Crippen molar-refractivity contribution >= 4 is 56.3 Å². The molecule has 3 aliphatic carbocycles. The minimum Gasteiger partial charge on any atom is -0.456 e. The highest BCUT2D eigenvalue weighted by Gasteiger charge is 2.36. The van der Waals surface area contributed by atoms with E-state index in [-0.39, 0.29) is 11.8 Å². The van der Waals surface area contributed by atoms with Gasteiger partial charge in [-0.3, -0.25) is 0 Å². The van der Waals surface area contributed by atoms with Gasteiger partial charge in [0.1, 0.15) is 11.3 Å². The van der Waals surface area contributed by atoms with Crippen LogP contribution in [0.4, 0.5) is 0 Å². The smallest absolute Gasteiger partial charge is 0.135 e. The third-order valence-electron chi connectivity index (χ3n) is 10.5. The fourth-order valence-electron chi connectivity index (χ4n) is 8.45. The minimum absolute atomic E-state index is 0.203. The Hall–Kier alpha value is -5.66. The lowest BCUT2D eigenvalue weighted by atomic mass is 9.70. The minimum atomic E-state index is 0.203. The molecule has 222 valence electrons. The zero-order valence-electron chi connectivity index (χ0n) is 26.0. The zero-order valence-corrected chi connectivity index (χ0v) is 26.0. The summed E-state index contributed by atoms with van der Waals surface area (Å²) in [6.45, 7) is 0. The molecule has 0 amide bonds. The molecule has 0 fully saturated rings. The van der Waals surface area contributed by atoms with E-state index >= 15 is 0 Å². The van der Waals surface area contributed by atoms with E-state index in [0.29, 0.717) is 0 Å². The molecule has 1 heterocycles. The summed E-state index contributed by atoms with van der Waals surface area (Å²) >= 11 is 0. The van der Waals surface area contributed by atoms with Gasteiger partial charge in [0, 0.05) is 22.8 Å². The second-order valence-corrected chi connectivity index (χ2v) is 13.0. The molecule has 0 saturated carbocycles. The summed E-state index contributed by atoms with van der Waals surface area (Å²) < 4.78 is 6.74. The van der Waals surface area contributed by atoms with Gasteiger partial charge in [0.25, 0.3) is 0 Å². The first-order chi connectivity index (χ1) is 23.3. The van der Waals surface area contributed by atoms with Crippen LogP contribution >= 0.6 is 0 Å². The molecule has 0 N–H and O–H groups in total.